The number of anilines is 2. The zero-order valence-corrected chi connectivity index (χ0v) is 40.7. The molecule has 67 heavy (non-hydrogen) atoms. The molecule has 2 aromatic heterocycles. The largest absolute Gasteiger partial charge is 0.444 e. The number of benzene rings is 4. The quantitative estimate of drug-likeness (QED) is 0.125. The van der Waals surface area contributed by atoms with Crippen molar-refractivity contribution in [2.75, 3.05) is 36.4 Å². The fraction of sp³-hybridized carbons (Fsp3) is 0.360. The molecule has 8 rings (SSSR count). The van der Waals surface area contributed by atoms with Crippen LogP contribution in [-0.4, -0.2) is 103 Å². The van der Waals surface area contributed by atoms with Crippen LogP contribution in [0.4, 0.5) is 21.2 Å². The third-order valence-electron chi connectivity index (χ3n) is 10.7. The summed E-state index contributed by atoms with van der Waals surface area (Å²) in [5.41, 5.74) is 0.103. The Morgan fingerprint density at radius 3 is 1.57 bits per heavy atom. The first-order valence-electron chi connectivity index (χ1n) is 22.0. The maximum atomic E-state index is 13.7. The number of ether oxygens (including phenoxy) is 2. The van der Waals surface area contributed by atoms with Crippen LogP contribution in [0.5, 0.6) is 0 Å². The van der Waals surface area contributed by atoms with E-state index in [4.69, 9.17) is 44.3 Å². The van der Waals surface area contributed by atoms with Gasteiger partial charge in [0.2, 0.25) is 10.6 Å². The Bertz CT molecular complexity index is 2680. The van der Waals surface area contributed by atoms with E-state index in [9.17, 15) is 19.2 Å². The molecule has 0 unspecified atom stereocenters. The van der Waals surface area contributed by atoms with E-state index in [0.717, 1.165) is 34.4 Å². The zero-order valence-electron chi connectivity index (χ0n) is 38.4. The van der Waals surface area contributed by atoms with E-state index in [0.29, 0.717) is 61.8 Å². The maximum absolute atomic E-state index is 13.7. The lowest BCUT2D eigenvalue weighted by Crippen LogP contribution is -2.50. The summed E-state index contributed by atoms with van der Waals surface area (Å²) in [6, 6.07) is 30.5. The second-order valence-corrected chi connectivity index (χ2v) is 19.1. The number of nitrogens with one attached hydrogen (secondary N) is 1. The monoisotopic (exact) mass is 968 g/mol. The van der Waals surface area contributed by atoms with Gasteiger partial charge < -0.3 is 24.6 Å². The Labute approximate surface area is 405 Å². The van der Waals surface area contributed by atoms with E-state index >= 15 is 0 Å². The van der Waals surface area contributed by atoms with Gasteiger partial charge >= 0.3 is 12.2 Å². The van der Waals surface area contributed by atoms with E-state index in [1.807, 2.05) is 114 Å². The van der Waals surface area contributed by atoms with Crippen molar-refractivity contribution in [3.8, 4) is 0 Å². The highest BCUT2D eigenvalue weighted by Crippen LogP contribution is 2.28. The van der Waals surface area contributed by atoms with Crippen molar-refractivity contribution in [2.45, 2.75) is 90.5 Å². The van der Waals surface area contributed by atoms with Gasteiger partial charge in [0.15, 0.2) is 0 Å². The predicted octanol–water partition coefficient (Wildman–Crippen LogP) is 11.5. The molecule has 0 radical (unpaired) electrons. The van der Waals surface area contributed by atoms with Gasteiger partial charge in [-0.2, -0.15) is 0 Å². The van der Waals surface area contributed by atoms with Gasteiger partial charge in [-0.3, -0.25) is 14.5 Å². The Hall–Kier alpha value is -6.09. The number of aromatic nitrogens is 4. The van der Waals surface area contributed by atoms with Gasteiger partial charge in [-0.05, 0) is 160 Å². The molecule has 3 amide bonds. The summed E-state index contributed by atoms with van der Waals surface area (Å²) in [4.78, 5) is 70.4. The SMILES string of the molecule is CC(C)(C)OC(=O)N1CCC(N(C(=O)c2ccc3ccccc3c2)c2ccnc(Cl)n2)CC1.CC(C)(C)OC(=O)N1CCC(Nc2ccnc(Cl)n2)CC1.O=C(Cl)c1ccc2ccccc2c1. The van der Waals surface area contributed by atoms with Crippen molar-refractivity contribution in [1.82, 2.24) is 29.7 Å². The third kappa shape index (κ3) is 15.0. The number of amides is 3. The molecule has 6 aromatic rings. The lowest BCUT2D eigenvalue weighted by Gasteiger charge is -2.38. The van der Waals surface area contributed by atoms with Gasteiger partial charge in [-0.1, -0.05) is 60.7 Å². The number of hydrogen-bond acceptors (Lipinski definition) is 11. The van der Waals surface area contributed by atoms with Crippen LogP contribution in [0.1, 0.15) is 87.9 Å². The van der Waals surface area contributed by atoms with E-state index < -0.39 is 16.4 Å². The highest BCUT2D eigenvalue weighted by molar-refractivity contribution is 6.67. The molecule has 2 aliphatic rings. The van der Waals surface area contributed by atoms with Crippen LogP contribution in [0.25, 0.3) is 21.5 Å². The Balaban J connectivity index is 0.000000185. The zero-order chi connectivity index (χ0) is 48.3. The molecule has 14 nitrogen and oxygen atoms in total. The standard InChI is InChI=1S/C25H27ClN4O3.C14H21ClN4O2.C11H7ClO/c1-25(2,3)33-24(32)29-14-11-20(12-15-29)30(21-10-13-27-23(26)28-21)22(31)19-9-8-17-6-4-5-7-18(17)16-19;1-14(2,3)21-13(20)19-8-5-10(6-9-19)17-11-4-7-16-12(15)18-11;12-11(13)10-6-5-8-3-1-2-4-9(8)7-10/h4-10,13,16,20H,11-12,14-15H2,1-3H3;4,7,10H,5-6,8-9H2,1-3H3,(H,16,17,18);1-7H. The van der Waals surface area contributed by atoms with Crippen molar-refractivity contribution >= 4 is 91.3 Å². The minimum Gasteiger partial charge on any atom is -0.444 e. The number of hydrogen-bond donors (Lipinski definition) is 1. The number of nitrogens with zero attached hydrogens (tertiary/aromatic N) is 7. The van der Waals surface area contributed by atoms with Crippen molar-refractivity contribution in [3.63, 3.8) is 0 Å². The normalized spacial score (nSPS) is 14.5. The second kappa shape index (κ2) is 22.6. The van der Waals surface area contributed by atoms with Gasteiger partial charge in [-0.25, -0.2) is 29.5 Å². The summed E-state index contributed by atoms with van der Waals surface area (Å²) in [6.45, 7) is 13.5. The Morgan fingerprint density at radius 1 is 0.612 bits per heavy atom. The summed E-state index contributed by atoms with van der Waals surface area (Å²) >= 11 is 17.2. The molecule has 4 heterocycles. The number of fused-ring (bicyclic) bond motifs is 2. The second-order valence-electron chi connectivity index (χ2n) is 18.1. The first kappa shape index (κ1) is 50.3. The average Bonchev–Trinajstić information content (AvgIpc) is 3.28. The Kier molecular flexibility index (Phi) is 17.0. The fourth-order valence-electron chi connectivity index (χ4n) is 7.48. The molecule has 0 spiro atoms. The van der Waals surface area contributed by atoms with E-state index in [-0.39, 0.29) is 40.7 Å². The Morgan fingerprint density at radius 2 is 1.07 bits per heavy atom. The fourth-order valence-corrected chi connectivity index (χ4v) is 7.89. The average molecular weight is 970 g/mol. The molecular weight excluding hydrogens is 915 g/mol. The number of likely N-dealkylation sites (tertiary alicyclic amines) is 2. The lowest BCUT2D eigenvalue weighted by atomic mass is 10.0. The molecule has 2 fully saturated rings. The summed E-state index contributed by atoms with van der Waals surface area (Å²) in [6.07, 6.45) is 5.47. The summed E-state index contributed by atoms with van der Waals surface area (Å²) in [5, 5.41) is 7.42. The van der Waals surface area contributed by atoms with E-state index in [2.05, 4.69) is 25.3 Å². The van der Waals surface area contributed by atoms with Crippen LogP contribution in [0.2, 0.25) is 10.6 Å². The number of rotatable bonds is 6. The van der Waals surface area contributed by atoms with Crippen LogP contribution >= 0.6 is 34.8 Å². The van der Waals surface area contributed by atoms with Crippen LogP contribution in [0.3, 0.4) is 0 Å². The smallest absolute Gasteiger partial charge is 0.410 e. The van der Waals surface area contributed by atoms with Gasteiger partial charge in [0.1, 0.15) is 22.8 Å². The number of halogens is 3. The summed E-state index contributed by atoms with van der Waals surface area (Å²) in [5.74, 6) is 1.00. The van der Waals surface area contributed by atoms with Crippen LogP contribution < -0.4 is 10.2 Å². The molecule has 0 saturated carbocycles. The van der Waals surface area contributed by atoms with Crippen molar-refractivity contribution < 1.29 is 28.7 Å². The molecule has 2 aliphatic heterocycles. The number of carbonyl (C=O) groups excluding carboxylic acids is 4. The molecular formula is C50H55Cl3N8O6. The van der Waals surface area contributed by atoms with Crippen LogP contribution in [0.15, 0.2) is 109 Å². The first-order chi connectivity index (χ1) is 31.8. The number of carbonyl (C=O) groups is 4. The van der Waals surface area contributed by atoms with Crippen molar-refractivity contribution in [2.24, 2.45) is 0 Å². The lowest BCUT2D eigenvalue weighted by molar-refractivity contribution is 0.0196. The predicted molar refractivity (Wildman–Crippen MR) is 264 cm³/mol. The van der Waals surface area contributed by atoms with Gasteiger partial charge in [-0.15, -0.1) is 0 Å². The molecule has 0 atom stereocenters. The molecule has 17 heteroatoms. The minimum atomic E-state index is -0.552. The topological polar surface area (TPSA) is 160 Å². The van der Waals surface area contributed by atoms with Gasteiger partial charge in [0.25, 0.3) is 11.1 Å². The van der Waals surface area contributed by atoms with Gasteiger partial charge in [0.05, 0.1) is 0 Å². The highest BCUT2D eigenvalue weighted by atomic mass is 35.5. The van der Waals surface area contributed by atoms with Gasteiger partial charge in [0, 0.05) is 61.8 Å². The molecule has 4 aromatic carbocycles. The molecule has 2 saturated heterocycles. The maximum Gasteiger partial charge on any atom is 0.410 e. The highest BCUT2D eigenvalue weighted by Gasteiger charge is 2.34. The summed E-state index contributed by atoms with van der Waals surface area (Å²) in [7, 11) is 0. The molecule has 0 bridgehead atoms. The molecule has 1 N–H and O–H groups in total. The van der Waals surface area contributed by atoms with E-state index in [1.165, 1.54) is 0 Å². The molecule has 352 valence electrons. The molecule has 0 aliphatic carbocycles. The first-order valence-corrected chi connectivity index (χ1v) is 23.2. The van der Waals surface area contributed by atoms with Crippen molar-refractivity contribution in [1.29, 1.82) is 0 Å². The number of piperidine rings is 2. The van der Waals surface area contributed by atoms with Crippen LogP contribution in [0, 0.1) is 0 Å². The minimum absolute atomic E-state index is 0.0787. The van der Waals surface area contributed by atoms with E-state index in [1.54, 1.807) is 51.4 Å². The third-order valence-corrected chi connectivity index (χ3v) is 11.2. The van der Waals surface area contributed by atoms with Crippen molar-refractivity contribution in [3.05, 3.63) is 131 Å². The summed E-state index contributed by atoms with van der Waals surface area (Å²) < 4.78 is 10.9. The van der Waals surface area contributed by atoms with Crippen LogP contribution in [-0.2, 0) is 9.47 Å².